The lowest BCUT2D eigenvalue weighted by atomic mass is 9.77. The van der Waals surface area contributed by atoms with E-state index >= 15 is 0 Å². The van der Waals surface area contributed by atoms with Crippen molar-refractivity contribution in [2.24, 2.45) is 11.8 Å². The molecule has 33 heavy (non-hydrogen) atoms. The van der Waals surface area contributed by atoms with E-state index in [0.29, 0.717) is 12.3 Å². The molecule has 7 nitrogen and oxygen atoms in total. The third-order valence-corrected chi connectivity index (χ3v) is 6.93. The smallest absolute Gasteiger partial charge is 0.346 e. The fourth-order valence-corrected chi connectivity index (χ4v) is 5.45. The van der Waals surface area contributed by atoms with Crippen LogP contribution in [0.2, 0.25) is 10.0 Å². The zero-order chi connectivity index (χ0) is 23.3. The molecule has 1 spiro atoms. The number of halogens is 2. The largest absolute Gasteiger partial charge is 0.469 e. The number of rotatable bonds is 5. The fraction of sp³-hybridized carbons (Fsp3) is 0.292. The Morgan fingerprint density at radius 2 is 1.91 bits per heavy atom. The van der Waals surface area contributed by atoms with Crippen LogP contribution < -0.4 is 4.74 Å². The van der Waals surface area contributed by atoms with Gasteiger partial charge in [-0.25, -0.2) is 4.79 Å². The van der Waals surface area contributed by atoms with Crippen LogP contribution in [0.5, 0.6) is 5.75 Å². The number of likely N-dealkylation sites (tertiary alicyclic amines) is 1. The first-order chi connectivity index (χ1) is 15.8. The van der Waals surface area contributed by atoms with E-state index in [0.717, 1.165) is 5.56 Å². The van der Waals surface area contributed by atoms with Crippen molar-refractivity contribution in [2.75, 3.05) is 13.7 Å². The lowest BCUT2D eigenvalue weighted by molar-refractivity contribution is -0.151. The molecule has 5 rings (SSSR count). The van der Waals surface area contributed by atoms with Crippen LogP contribution in [-0.2, 0) is 25.6 Å². The summed E-state index contributed by atoms with van der Waals surface area (Å²) < 4.78 is 16.4. The second-order valence-corrected chi connectivity index (χ2v) is 9.07. The monoisotopic (exact) mass is 487 g/mol. The molecule has 0 saturated carbocycles. The van der Waals surface area contributed by atoms with E-state index < -0.39 is 35.5 Å². The molecule has 3 aliphatic heterocycles. The number of benzene rings is 2. The number of ether oxygens (including phenoxy) is 3. The van der Waals surface area contributed by atoms with E-state index in [1.165, 1.54) is 7.11 Å². The van der Waals surface area contributed by atoms with Crippen molar-refractivity contribution in [1.29, 1.82) is 0 Å². The molecule has 0 N–H and O–H groups in total. The highest BCUT2D eigenvalue weighted by atomic mass is 35.5. The summed E-state index contributed by atoms with van der Waals surface area (Å²) in [6.45, 7) is 0.599. The van der Waals surface area contributed by atoms with Gasteiger partial charge in [-0.1, -0.05) is 53.6 Å². The summed E-state index contributed by atoms with van der Waals surface area (Å²) in [5.41, 5.74) is 0.0239. The predicted molar refractivity (Wildman–Crippen MR) is 119 cm³/mol. The van der Waals surface area contributed by atoms with Gasteiger partial charge in [0, 0.05) is 6.54 Å². The number of hydrogen-bond acceptors (Lipinski definition) is 6. The summed E-state index contributed by atoms with van der Waals surface area (Å²) in [4.78, 5) is 39.7. The van der Waals surface area contributed by atoms with Crippen LogP contribution in [0.25, 0.3) is 0 Å². The van der Waals surface area contributed by atoms with Gasteiger partial charge in [-0.05, 0) is 29.8 Å². The molecule has 2 bridgehead atoms. The number of methoxy groups -OCH3 is 1. The Bertz CT molecular complexity index is 1180. The van der Waals surface area contributed by atoms with E-state index in [2.05, 4.69) is 0 Å². The zero-order valence-corrected chi connectivity index (χ0v) is 19.0. The summed E-state index contributed by atoms with van der Waals surface area (Å²) in [5, 5.41) is 0.389. The molecule has 0 aliphatic carbocycles. The van der Waals surface area contributed by atoms with Crippen LogP contribution in [0, 0.1) is 11.8 Å². The first-order valence-corrected chi connectivity index (χ1v) is 11.1. The first kappa shape index (κ1) is 21.9. The van der Waals surface area contributed by atoms with Crippen molar-refractivity contribution >= 4 is 41.0 Å². The van der Waals surface area contributed by atoms with Gasteiger partial charge in [0.25, 0.3) is 0 Å². The van der Waals surface area contributed by atoms with Crippen LogP contribution in [0.1, 0.15) is 15.9 Å². The molecule has 1 amide bonds. The molecule has 0 unspecified atom stereocenters. The average molecular weight is 488 g/mol. The quantitative estimate of drug-likeness (QED) is 0.363. The normalized spacial score (nSPS) is 27.1. The summed E-state index contributed by atoms with van der Waals surface area (Å²) in [6.07, 6.45) is 3.27. The number of nitrogens with zero attached hydrogens (tertiary/aromatic N) is 1. The Morgan fingerprint density at radius 3 is 2.64 bits per heavy atom. The van der Waals surface area contributed by atoms with Crippen molar-refractivity contribution in [3.8, 4) is 5.75 Å². The van der Waals surface area contributed by atoms with Crippen molar-refractivity contribution in [3.05, 3.63) is 75.8 Å². The van der Waals surface area contributed by atoms with Gasteiger partial charge in [-0.15, -0.1) is 0 Å². The van der Waals surface area contributed by atoms with Gasteiger partial charge < -0.3 is 19.1 Å². The molecule has 2 aromatic carbocycles. The molecular weight excluding hydrogens is 469 g/mol. The fourth-order valence-electron chi connectivity index (χ4n) is 4.90. The Labute approximate surface area is 199 Å². The molecule has 2 fully saturated rings. The third-order valence-electron chi connectivity index (χ3n) is 6.30. The van der Waals surface area contributed by atoms with E-state index in [1.807, 2.05) is 18.2 Å². The number of fused-ring (bicyclic) bond motifs is 1. The van der Waals surface area contributed by atoms with E-state index in [-0.39, 0.29) is 28.1 Å². The second-order valence-electron chi connectivity index (χ2n) is 8.25. The van der Waals surface area contributed by atoms with E-state index in [1.54, 1.807) is 41.3 Å². The van der Waals surface area contributed by atoms with Crippen molar-refractivity contribution in [2.45, 2.75) is 18.2 Å². The van der Waals surface area contributed by atoms with Gasteiger partial charge in [0.1, 0.15) is 17.3 Å². The molecule has 3 heterocycles. The van der Waals surface area contributed by atoms with Crippen LogP contribution >= 0.6 is 23.2 Å². The van der Waals surface area contributed by atoms with Gasteiger partial charge in [-0.3, -0.25) is 9.59 Å². The Balaban J connectivity index is 1.33. The highest BCUT2D eigenvalue weighted by Gasteiger charge is 2.67. The third kappa shape index (κ3) is 3.60. The van der Waals surface area contributed by atoms with Gasteiger partial charge in [0.2, 0.25) is 5.91 Å². The molecule has 2 aromatic rings. The molecule has 2 saturated heterocycles. The SMILES string of the molecule is COC(=O)[C@@H]1[C@H]2C=C[C@@]3(CN(Cc4cccc(OC(=O)c5c(Cl)cccc5Cl)c4)C(=O)[C@@H]13)O2. The number of esters is 2. The highest BCUT2D eigenvalue weighted by Crippen LogP contribution is 2.52. The first-order valence-electron chi connectivity index (χ1n) is 10.3. The maximum absolute atomic E-state index is 13.2. The van der Waals surface area contributed by atoms with Crippen LogP contribution in [-0.4, -0.2) is 48.1 Å². The Kier molecular flexibility index (Phi) is 5.43. The Morgan fingerprint density at radius 1 is 1.18 bits per heavy atom. The lowest BCUT2D eigenvalue weighted by Gasteiger charge is -2.22. The number of hydrogen-bond donors (Lipinski definition) is 0. The lowest BCUT2D eigenvalue weighted by Crippen LogP contribution is -2.39. The van der Waals surface area contributed by atoms with Crippen LogP contribution in [0.15, 0.2) is 54.6 Å². The summed E-state index contributed by atoms with van der Waals surface area (Å²) >= 11 is 12.2. The van der Waals surface area contributed by atoms with Crippen LogP contribution in [0.4, 0.5) is 0 Å². The van der Waals surface area contributed by atoms with Gasteiger partial charge >= 0.3 is 11.9 Å². The Hall–Kier alpha value is -2.87. The highest BCUT2D eigenvalue weighted by molar-refractivity contribution is 6.39. The zero-order valence-electron chi connectivity index (χ0n) is 17.5. The van der Waals surface area contributed by atoms with E-state index in [4.69, 9.17) is 37.4 Å². The minimum absolute atomic E-state index is 0.0847. The van der Waals surface area contributed by atoms with Crippen LogP contribution in [0.3, 0.4) is 0 Å². The number of amides is 1. The van der Waals surface area contributed by atoms with Crippen molar-refractivity contribution in [3.63, 3.8) is 0 Å². The summed E-state index contributed by atoms with van der Waals surface area (Å²) in [7, 11) is 1.31. The molecule has 170 valence electrons. The minimum atomic E-state index is -0.814. The summed E-state index contributed by atoms with van der Waals surface area (Å²) in [6, 6.07) is 11.6. The van der Waals surface area contributed by atoms with Gasteiger partial charge in [0.15, 0.2) is 0 Å². The molecule has 0 aromatic heterocycles. The maximum atomic E-state index is 13.2. The van der Waals surface area contributed by atoms with Crippen molar-refractivity contribution < 1.29 is 28.6 Å². The van der Waals surface area contributed by atoms with Crippen molar-refractivity contribution in [1.82, 2.24) is 4.90 Å². The molecule has 3 aliphatic rings. The molecule has 9 heteroatoms. The molecular formula is C24H19Cl2NO6. The van der Waals surface area contributed by atoms with E-state index in [9.17, 15) is 14.4 Å². The molecule has 0 radical (unpaired) electrons. The predicted octanol–water partition coefficient (Wildman–Crippen LogP) is 3.67. The average Bonchev–Trinajstić information content (AvgIpc) is 3.41. The standard InChI is InChI=1S/C24H19Cl2NO6/c1-31-22(29)19-17-8-9-24(33-17)12-27(21(28)20(19)24)11-13-4-2-5-14(10-13)32-23(30)18-15(25)6-3-7-16(18)26/h2-10,17,19-20H,11-12H2,1H3/t17-,19-,20-,24+/m1/s1. The number of carbonyl (C=O) groups excluding carboxylic acids is 3. The van der Waals surface area contributed by atoms with Gasteiger partial charge in [0.05, 0.1) is 41.3 Å². The molecule has 4 atom stereocenters. The summed E-state index contributed by atoms with van der Waals surface area (Å²) in [5.74, 6) is -2.25. The topological polar surface area (TPSA) is 82.1 Å². The minimum Gasteiger partial charge on any atom is -0.469 e. The maximum Gasteiger partial charge on any atom is 0.346 e. The second kappa shape index (κ2) is 8.17. The van der Waals surface area contributed by atoms with Gasteiger partial charge in [-0.2, -0.15) is 0 Å². The number of carbonyl (C=O) groups is 3.